The van der Waals surface area contributed by atoms with Gasteiger partial charge in [-0.15, -0.1) is 0 Å². The number of aliphatic hydroxyl groups is 1. The third kappa shape index (κ3) is 3.32. The Balaban J connectivity index is 1.91. The maximum absolute atomic E-state index is 11.8. The number of hydrogen-bond acceptors (Lipinski definition) is 5. The first-order valence-corrected chi connectivity index (χ1v) is 6.16. The number of rotatable bonds is 4. The second kappa shape index (κ2) is 5.69. The Morgan fingerprint density at radius 1 is 1.47 bits per heavy atom. The maximum atomic E-state index is 11.8. The van der Waals surface area contributed by atoms with E-state index in [0.717, 1.165) is 0 Å². The van der Waals surface area contributed by atoms with Crippen LogP contribution in [0.2, 0.25) is 0 Å². The van der Waals surface area contributed by atoms with Gasteiger partial charge in [0, 0.05) is 13.5 Å². The van der Waals surface area contributed by atoms with E-state index in [1.54, 1.807) is 31.2 Å². The fourth-order valence-corrected chi connectivity index (χ4v) is 2.01. The van der Waals surface area contributed by atoms with E-state index in [9.17, 15) is 9.90 Å². The normalized spacial score (nSPS) is 30.3. The molecule has 0 aromatic heterocycles. The second-order valence-corrected chi connectivity index (χ2v) is 4.82. The molecule has 1 N–H and O–H groups in total. The molecule has 1 aromatic carbocycles. The van der Waals surface area contributed by atoms with Gasteiger partial charge in [-0.25, -0.2) is 4.79 Å². The summed E-state index contributed by atoms with van der Waals surface area (Å²) in [5.74, 6) is -0.430. The molecule has 19 heavy (non-hydrogen) atoms. The molecule has 104 valence electrons. The van der Waals surface area contributed by atoms with Crippen molar-refractivity contribution in [2.24, 2.45) is 0 Å². The van der Waals surface area contributed by atoms with Gasteiger partial charge >= 0.3 is 5.97 Å². The first-order chi connectivity index (χ1) is 9.03. The molecular weight excluding hydrogens is 248 g/mol. The third-order valence-electron chi connectivity index (χ3n) is 3.23. The average molecular weight is 266 g/mol. The van der Waals surface area contributed by atoms with Gasteiger partial charge in [-0.1, -0.05) is 18.2 Å². The van der Waals surface area contributed by atoms with Crippen LogP contribution in [-0.2, 0) is 14.2 Å². The lowest BCUT2D eigenvalue weighted by Crippen LogP contribution is -2.38. The van der Waals surface area contributed by atoms with Crippen LogP contribution in [0, 0.1) is 0 Å². The predicted molar refractivity (Wildman–Crippen MR) is 67.6 cm³/mol. The molecule has 0 unspecified atom stereocenters. The molecule has 1 aliphatic heterocycles. The Hall–Kier alpha value is -1.43. The smallest absolute Gasteiger partial charge is 0.338 e. The quantitative estimate of drug-likeness (QED) is 0.833. The van der Waals surface area contributed by atoms with Crippen molar-refractivity contribution < 1.29 is 24.1 Å². The number of carbonyl (C=O) groups is 1. The topological polar surface area (TPSA) is 65.0 Å². The Morgan fingerprint density at radius 3 is 2.74 bits per heavy atom. The molecule has 1 aliphatic rings. The average Bonchev–Trinajstić information content (AvgIpc) is 2.71. The molecule has 5 heteroatoms. The molecule has 5 nitrogen and oxygen atoms in total. The van der Waals surface area contributed by atoms with E-state index < -0.39 is 24.0 Å². The van der Waals surface area contributed by atoms with Crippen LogP contribution in [0.4, 0.5) is 0 Å². The zero-order valence-corrected chi connectivity index (χ0v) is 11.0. The standard InChI is InChI=1S/C14H18O5/c1-14(16)8-12(17-2)19-11(14)9-18-13(15)10-6-4-3-5-7-10/h3-7,11-12,16H,8-9H2,1-2H3/t11-,12-,14-/m1/s1. The minimum Gasteiger partial charge on any atom is -0.459 e. The number of carbonyl (C=O) groups excluding carboxylic acids is 1. The summed E-state index contributed by atoms with van der Waals surface area (Å²) in [4.78, 5) is 11.8. The van der Waals surface area contributed by atoms with Gasteiger partial charge in [0.05, 0.1) is 11.2 Å². The van der Waals surface area contributed by atoms with Crippen molar-refractivity contribution in [2.45, 2.75) is 31.3 Å². The summed E-state index contributed by atoms with van der Waals surface area (Å²) < 4.78 is 15.7. The van der Waals surface area contributed by atoms with E-state index in [0.29, 0.717) is 12.0 Å². The second-order valence-electron chi connectivity index (χ2n) is 4.82. The minimum atomic E-state index is -1.06. The molecule has 1 saturated heterocycles. The van der Waals surface area contributed by atoms with Crippen molar-refractivity contribution >= 4 is 5.97 Å². The molecule has 1 heterocycles. The van der Waals surface area contributed by atoms with Crippen LogP contribution in [0.25, 0.3) is 0 Å². The number of hydrogen-bond donors (Lipinski definition) is 1. The molecule has 1 fully saturated rings. The molecule has 3 atom stereocenters. The summed E-state index contributed by atoms with van der Waals surface area (Å²) in [5, 5.41) is 10.1. The van der Waals surface area contributed by atoms with Crippen LogP contribution in [-0.4, -0.2) is 42.8 Å². The van der Waals surface area contributed by atoms with Crippen molar-refractivity contribution in [1.82, 2.24) is 0 Å². The van der Waals surface area contributed by atoms with Crippen LogP contribution in [0.15, 0.2) is 30.3 Å². The van der Waals surface area contributed by atoms with Crippen LogP contribution >= 0.6 is 0 Å². The fourth-order valence-electron chi connectivity index (χ4n) is 2.01. The van der Waals surface area contributed by atoms with Crippen LogP contribution < -0.4 is 0 Å². The van der Waals surface area contributed by atoms with Crippen molar-refractivity contribution in [3.8, 4) is 0 Å². The molecule has 0 radical (unpaired) electrons. The lowest BCUT2D eigenvalue weighted by atomic mass is 9.98. The molecule has 0 spiro atoms. The minimum absolute atomic E-state index is 0.000583. The number of benzene rings is 1. The van der Waals surface area contributed by atoms with E-state index in [4.69, 9.17) is 14.2 Å². The zero-order valence-electron chi connectivity index (χ0n) is 11.0. The molecule has 1 aromatic rings. The Bertz CT molecular complexity index is 429. The SMILES string of the molecule is CO[C@H]1C[C@@](C)(O)[C@@H](COC(=O)c2ccccc2)O1. The van der Waals surface area contributed by atoms with Gasteiger partial charge in [0.25, 0.3) is 0 Å². The molecule has 0 aliphatic carbocycles. The van der Waals surface area contributed by atoms with E-state index in [1.807, 2.05) is 6.07 Å². The van der Waals surface area contributed by atoms with Gasteiger partial charge in [0.1, 0.15) is 12.7 Å². The molecule has 0 saturated carbocycles. The third-order valence-corrected chi connectivity index (χ3v) is 3.23. The van der Waals surface area contributed by atoms with Crippen LogP contribution in [0.5, 0.6) is 0 Å². The lowest BCUT2D eigenvalue weighted by molar-refractivity contribution is -0.134. The van der Waals surface area contributed by atoms with E-state index in [1.165, 1.54) is 7.11 Å². The van der Waals surface area contributed by atoms with Gasteiger partial charge in [-0.2, -0.15) is 0 Å². The van der Waals surface area contributed by atoms with Crippen LogP contribution in [0.1, 0.15) is 23.7 Å². The van der Waals surface area contributed by atoms with E-state index >= 15 is 0 Å². The highest BCUT2D eigenvalue weighted by Crippen LogP contribution is 2.30. The first-order valence-electron chi connectivity index (χ1n) is 6.16. The molecule has 0 bridgehead atoms. The predicted octanol–water partition coefficient (Wildman–Crippen LogP) is 1.36. The van der Waals surface area contributed by atoms with Crippen LogP contribution in [0.3, 0.4) is 0 Å². The van der Waals surface area contributed by atoms with Crippen molar-refractivity contribution in [2.75, 3.05) is 13.7 Å². The Labute approximate surface area is 112 Å². The summed E-state index contributed by atoms with van der Waals surface area (Å²) in [7, 11) is 1.51. The maximum Gasteiger partial charge on any atom is 0.338 e. The summed E-state index contributed by atoms with van der Waals surface area (Å²) in [5.41, 5.74) is -0.582. The van der Waals surface area contributed by atoms with Gasteiger partial charge in [0.15, 0.2) is 6.29 Å². The molecular formula is C14H18O5. The number of methoxy groups -OCH3 is 1. The van der Waals surface area contributed by atoms with Gasteiger partial charge in [0.2, 0.25) is 0 Å². The highest BCUT2D eigenvalue weighted by atomic mass is 16.7. The summed E-state index contributed by atoms with van der Waals surface area (Å²) >= 11 is 0. The van der Waals surface area contributed by atoms with Gasteiger partial charge in [-0.05, 0) is 19.1 Å². The molecule has 2 rings (SSSR count). The zero-order chi connectivity index (χ0) is 13.9. The summed E-state index contributed by atoms with van der Waals surface area (Å²) in [6, 6.07) is 8.70. The fraction of sp³-hybridized carbons (Fsp3) is 0.500. The highest BCUT2D eigenvalue weighted by molar-refractivity contribution is 5.89. The van der Waals surface area contributed by atoms with E-state index in [-0.39, 0.29) is 6.61 Å². The monoisotopic (exact) mass is 266 g/mol. The van der Waals surface area contributed by atoms with Crippen molar-refractivity contribution in [1.29, 1.82) is 0 Å². The molecule has 0 amide bonds. The lowest BCUT2D eigenvalue weighted by Gasteiger charge is -2.22. The Morgan fingerprint density at radius 2 is 2.16 bits per heavy atom. The van der Waals surface area contributed by atoms with Crippen molar-refractivity contribution in [3.05, 3.63) is 35.9 Å². The largest absolute Gasteiger partial charge is 0.459 e. The van der Waals surface area contributed by atoms with Gasteiger partial charge < -0.3 is 19.3 Å². The Kier molecular flexibility index (Phi) is 4.19. The van der Waals surface area contributed by atoms with E-state index in [2.05, 4.69) is 0 Å². The van der Waals surface area contributed by atoms with Gasteiger partial charge in [-0.3, -0.25) is 0 Å². The van der Waals surface area contributed by atoms with Crippen molar-refractivity contribution in [3.63, 3.8) is 0 Å². The summed E-state index contributed by atoms with van der Waals surface area (Å²) in [6.45, 7) is 1.65. The highest BCUT2D eigenvalue weighted by Gasteiger charge is 2.44. The summed E-state index contributed by atoms with van der Waals surface area (Å²) in [6.07, 6.45) is -0.683. The first kappa shape index (κ1) is 14.0. The number of esters is 1. The number of ether oxygens (including phenoxy) is 3.